The minimum absolute atomic E-state index is 0.0305. The molecule has 0 atom stereocenters. The van der Waals surface area contributed by atoms with E-state index in [2.05, 4.69) is 21.2 Å². The Balaban J connectivity index is 2.53. The van der Waals surface area contributed by atoms with Crippen LogP contribution in [0.2, 0.25) is 0 Å². The lowest BCUT2D eigenvalue weighted by molar-refractivity contribution is -0.130. The standard InChI is InChI=1S/C15H21BrN2O2/c1-3-8-18(9-4-2)14(19)11-17-15(20)12-6-5-7-13(16)10-12/h5-7,10H,3-4,8-9,11H2,1-2H3,(H,17,20). The Morgan fingerprint density at radius 3 is 2.40 bits per heavy atom. The fraction of sp³-hybridized carbons (Fsp3) is 0.467. The number of rotatable bonds is 7. The molecule has 0 spiro atoms. The topological polar surface area (TPSA) is 49.4 Å². The fourth-order valence-corrected chi connectivity index (χ4v) is 2.30. The van der Waals surface area contributed by atoms with Gasteiger partial charge in [0.1, 0.15) is 0 Å². The van der Waals surface area contributed by atoms with Crippen LogP contribution in [0.4, 0.5) is 0 Å². The van der Waals surface area contributed by atoms with Crippen LogP contribution in [0.3, 0.4) is 0 Å². The molecular weight excluding hydrogens is 320 g/mol. The molecule has 0 saturated heterocycles. The highest BCUT2D eigenvalue weighted by atomic mass is 79.9. The van der Waals surface area contributed by atoms with Gasteiger partial charge in [-0.05, 0) is 31.0 Å². The highest BCUT2D eigenvalue weighted by molar-refractivity contribution is 9.10. The Kier molecular flexibility index (Phi) is 7.30. The largest absolute Gasteiger partial charge is 0.343 e. The van der Waals surface area contributed by atoms with Crippen LogP contribution in [0.1, 0.15) is 37.0 Å². The van der Waals surface area contributed by atoms with Gasteiger partial charge < -0.3 is 10.2 Å². The van der Waals surface area contributed by atoms with E-state index in [4.69, 9.17) is 0 Å². The van der Waals surface area contributed by atoms with E-state index < -0.39 is 0 Å². The molecule has 4 nitrogen and oxygen atoms in total. The summed E-state index contributed by atoms with van der Waals surface area (Å²) in [6, 6.07) is 7.10. The zero-order valence-corrected chi connectivity index (χ0v) is 13.6. The number of hydrogen-bond acceptors (Lipinski definition) is 2. The lowest BCUT2D eigenvalue weighted by atomic mass is 10.2. The smallest absolute Gasteiger partial charge is 0.251 e. The molecule has 0 saturated carbocycles. The maximum Gasteiger partial charge on any atom is 0.251 e. The van der Waals surface area contributed by atoms with Crippen LogP contribution in [0.15, 0.2) is 28.7 Å². The first-order chi connectivity index (χ1) is 9.58. The number of hydrogen-bond donors (Lipinski definition) is 1. The molecule has 0 aliphatic rings. The van der Waals surface area contributed by atoms with E-state index in [0.717, 1.165) is 30.4 Å². The van der Waals surface area contributed by atoms with Gasteiger partial charge in [-0.2, -0.15) is 0 Å². The highest BCUT2D eigenvalue weighted by Crippen LogP contribution is 2.11. The third-order valence-corrected chi connectivity index (χ3v) is 3.32. The summed E-state index contributed by atoms with van der Waals surface area (Å²) in [4.78, 5) is 25.8. The first kappa shape index (κ1) is 16.7. The van der Waals surface area contributed by atoms with Gasteiger partial charge in [0, 0.05) is 23.1 Å². The van der Waals surface area contributed by atoms with E-state index in [1.54, 1.807) is 23.1 Å². The molecule has 0 aliphatic carbocycles. The number of benzene rings is 1. The van der Waals surface area contributed by atoms with Crippen molar-refractivity contribution in [2.75, 3.05) is 19.6 Å². The molecule has 2 amide bonds. The van der Waals surface area contributed by atoms with Gasteiger partial charge in [-0.25, -0.2) is 0 Å². The Labute approximate surface area is 128 Å². The van der Waals surface area contributed by atoms with E-state index in [-0.39, 0.29) is 18.4 Å². The number of amides is 2. The maximum atomic E-state index is 12.0. The Morgan fingerprint density at radius 1 is 1.20 bits per heavy atom. The lowest BCUT2D eigenvalue weighted by Gasteiger charge is -2.21. The summed E-state index contributed by atoms with van der Waals surface area (Å²) in [5, 5.41) is 2.67. The van der Waals surface area contributed by atoms with Gasteiger partial charge in [0.15, 0.2) is 0 Å². The van der Waals surface area contributed by atoms with Crippen molar-refractivity contribution in [3.63, 3.8) is 0 Å². The van der Waals surface area contributed by atoms with Crippen LogP contribution < -0.4 is 5.32 Å². The fourth-order valence-electron chi connectivity index (χ4n) is 1.90. The zero-order chi connectivity index (χ0) is 15.0. The Morgan fingerprint density at radius 2 is 1.85 bits per heavy atom. The molecule has 0 radical (unpaired) electrons. The van der Waals surface area contributed by atoms with E-state index in [1.165, 1.54) is 0 Å². The van der Waals surface area contributed by atoms with Crippen molar-refractivity contribution >= 4 is 27.7 Å². The van der Waals surface area contributed by atoms with E-state index in [9.17, 15) is 9.59 Å². The Hall–Kier alpha value is -1.36. The molecular formula is C15H21BrN2O2. The van der Waals surface area contributed by atoms with Crippen LogP contribution in [0.5, 0.6) is 0 Å². The molecule has 1 rings (SSSR count). The van der Waals surface area contributed by atoms with E-state index >= 15 is 0 Å². The van der Waals surface area contributed by atoms with Gasteiger partial charge in [0.25, 0.3) is 5.91 Å². The summed E-state index contributed by atoms with van der Waals surface area (Å²) in [6.45, 7) is 5.59. The zero-order valence-electron chi connectivity index (χ0n) is 12.0. The summed E-state index contributed by atoms with van der Waals surface area (Å²) < 4.78 is 0.843. The molecule has 110 valence electrons. The summed E-state index contributed by atoms with van der Waals surface area (Å²) in [5.74, 6) is -0.260. The van der Waals surface area contributed by atoms with Gasteiger partial charge in [0.2, 0.25) is 5.91 Å². The first-order valence-electron chi connectivity index (χ1n) is 6.90. The second kappa shape index (κ2) is 8.74. The number of nitrogens with one attached hydrogen (secondary N) is 1. The summed E-state index contributed by atoms with van der Waals surface area (Å²) in [5.41, 5.74) is 0.546. The lowest BCUT2D eigenvalue weighted by Crippen LogP contribution is -2.40. The summed E-state index contributed by atoms with van der Waals surface area (Å²) >= 11 is 3.32. The predicted molar refractivity (Wildman–Crippen MR) is 83.6 cm³/mol. The van der Waals surface area contributed by atoms with E-state index in [0.29, 0.717) is 5.56 Å². The normalized spacial score (nSPS) is 10.2. The van der Waals surface area contributed by atoms with E-state index in [1.807, 2.05) is 19.9 Å². The summed E-state index contributed by atoms with van der Waals surface area (Å²) in [6.07, 6.45) is 1.84. The molecule has 0 bridgehead atoms. The minimum atomic E-state index is -0.229. The van der Waals surface area contributed by atoms with Crippen molar-refractivity contribution in [1.29, 1.82) is 0 Å². The van der Waals surface area contributed by atoms with Gasteiger partial charge in [-0.3, -0.25) is 9.59 Å². The molecule has 0 aromatic heterocycles. The molecule has 1 aromatic carbocycles. The third-order valence-electron chi connectivity index (χ3n) is 2.83. The van der Waals surface area contributed by atoms with Crippen molar-refractivity contribution in [2.24, 2.45) is 0 Å². The van der Waals surface area contributed by atoms with Crippen LogP contribution in [0, 0.1) is 0 Å². The minimum Gasteiger partial charge on any atom is -0.343 e. The second-order valence-corrected chi connectivity index (χ2v) is 5.49. The average Bonchev–Trinajstić information content (AvgIpc) is 2.44. The van der Waals surface area contributed by atoms with Crippen LogP contribution in [0.25, 0.3) is 0 Å². The maximum absolute atomic E-state index is 12.0. The van der Waals surface area contributed by atoms with Crippen molar-refractivity contribution < 1.29 is 9.59 Å². The van der Waals surface area contributed by atoms with Gasteiger partial charge >= 0.3 is 0 Å². The van der Waals surface area contributed by atoms with Gasteiger partial charge in [0.05, 0.1) is 6.54 Å². The third kappa shape index (κ3) is 5.33. The van der Waals surface area contributed by atoms with Gasteiger partial charge in [-0.15, -0.1) is 0 Å². The monoisotopic (exact) mass is 340 g/mol. The number of carbonyl (C=O) groups excluding carboxylic acids is 2. The summed E-state index contributed by atoms with van der Waals surface area (Å²) in [7, 11) is 0. The molecule has 0 fully saturated rings. The highest BCUT2D eigenvalue weighted by Gasteiger charge is 2.13. The first-order valence-corrected chi connectivity index (χ1v) is 7.69. The van der Waals surface area contributed by atoms with Crippen LogP contribution in [-0.4, -0.2) is 36.3 Å². The molecule has 5 heteroatoms. The second-order valence-electron chi connectivity index (χ2n) is 4.57. The number of halogens is 1. The average molecular weight is 341 g/mol. The van der Waals surface area contributed by atoms with Crippen LogP contribution >= 0.6 is 15.9 Å². The SMILES string of the molecule is CCCN(CCC)C(=O)CNC(=O)c1cccc(Br)c1. The van der Waals surface area contributed by atoms with Gasteiger partial charge in [-0.1, -0.05) is 35.8 Å². The van der Waals surface area contributed by atoms with Crippen molar-refractivity contribution in [3.8, 4) is 0 Å². The molecule has 0 heterocycles. The quantitative estimate of drug-likeness (QED) is 0.829. The number of carbonyl (C=O) groups is 2. The molecule has 0 aliphatic heterocycles. The van der Waals surface area contributed by atoms with Crippen LogP contribution in [-0.2, 0) is 4.79 Å². The molecule has 1 N–H and O–H groups in total. The Bertz CT molecular complexity index is 457. The number of nitrogens with zero attached hydrogens (tertiary/aromatic N) is 1. The van der Waals surface area contributed by atoms with Crippen molar-refractivity contribution in [1.82, 2.24) is 10.2 Å². The molecule has 20 heavy (non-hydrogen) atoms. The molecule has 0 unspecified atom stereocenters. The van der Waals surface area contributed by atoms with Crippen molar-refractivity contribution in [3.05, 3.63) is 34.3 Å². The van der Waals surface area contributed by atoms with Crippen molar-refractivity contribution in [2.45, 2.75) is 26.7 Å². The molecule has 1 aromatic rings. The predicted octanol–water partition coefficient (Wildman–Crippen LogP) is 2.83.